The third kappa shape index (κ3) is 7.49. The summed E-state index contributed by atoms with van der Waals surface area (Å²) in [6.07, 6.45) is -0.124. The van der Waals surface area contributed by atoms with Crippen molar-refractivity contribution in [2.75, 3.05) is 18.5 Å². The third-order valence-electron chi connectivity index (χ3n) is 4.38. The Kier molecular flexibility index (Phi) is 9.39. The van der Waals surface area contributed by atoms with Crippen LogP contribution in [-0.4, -0.2) is 37.0 Å². The topological polar surface area (TPSA) is 111 Å². The zero-order chi connectivity index (χ0) is 23.7. The van der Waals surface area contributed by atoms with Gasteiger partial charge in [0.1, 0.15) is 5.00 Å². The molecule has 9 heteroatoms. The Balaban J connectivity index is 1.99. The lowest BCUT2D eigenvalue weighted by Crippen LogP contribution is -2.29. The predicted molar refractivity (Wildman–Crippen MR) is 122 cm³/mol. The summed E-state index contributed by atoms with van der Waals surface area (Å²) in [5, 5.41) is 5.69. The Hall–Kier alpha value is -3.20. The minimum atomic E-state index is -0.637. The zero-order valence-corrected chi connectivity index (χ0v) is 19.4. The third-order valence-corrected chi connectivity index (χ3v) is 5.73. The van der Waals surface area contributed by atoms with Gasteiger partial charge in [-0.05, 0) is 24.5 Å². The van der Waals surface area contributed by atoms with Crippen LogP contribution < -0.4 is 10.6 Å². The first kappa shape index (κ1) is 25.1. The van der Waals surface area contributed by atoms with E-state index in [0.717, 1.165) is 10.4 Å². The molecule has 0 saturated heterocycles. The molecule has 1 aromatic carbocycles. The molecule has 0 fully saturated rings. The van der Waals surface area contributed by atoms with Crippen molar-refractivity contribution in [3.8, 4) is 0 Å². The molecule has 0 radical (unpaired) electrons. The summed E-state index contributed by atoms with van der Waals surface area (Å²) in [6, 6.07) is 10.2. The van der Waals surface area contributed by atoms with E-state index in [0.29, 0.717) is 5.00 Å². The van der Waals surface area contributed by atoms with E-state index in [4.69, 9.17) is 9.47 Å². The van der Waals surface area contributed by atoms with E-state index in [1.165, 1.54) is 18.3 Å². The van der Waals surface area contributed by atoms with E-state index in [2.05, 4.69) is 10.6 Å². The predicted octanol–water partition coefficient (Wildman–Crippen LogP) is 3.80. The number of carbonyl (C=O) groups is 4. The SMILES string of the molecule is CCOC(=O)c1cc(C(C)C)sc1NC(=O)COC(=O)CC(NC(C)=O)c1ccccc1. The van der Waals surface area contributed by atoms with Crippen LogP contribution in [0.15, 0.2) is 36.4 Å². The number of anilines is 1. The number of esters is 2. The maximum Gasteiger partial charge on any atom is 0.341 e. The van der Waals surface area contributed by atoms with Crippen LogP contribution in [-0.2, 0) is 23.9 Å². The molecule has 2 rings (SSSR count). The number of amides is 2. The Bertz CT molecular complexity index is 955. The van der Waals surface area contributed by atoms with Gasteiger partial charge < -0.3 is 20.1 Å². The van der Waals surface area contributed by atoms with Gasteiger partial charge in [0.05, 0.1) is 24.6 Å². The lowest BCUT2D eigenvalue weighted by molar-refractivity contribution is -0.148. The van der Waals surface area contributed by atoms with Crippen molar-refractivity contribution >= 4 is 40.1 Å². The van der Waals surface area contributed by atoms with Crippen LogP contribution in [0.5, 0.6) is 0 Å². The van der Waals surface area contributed by atoms with Gasteiger partial charge in [0.15, 0.2) is 6.61 Å². The van der Waals surface area contributed by atoms with Crippen LogP contribution in [0, 0.1) is 0 Å². The van der Waals surface area contributed by atoms with E-state index in [9.17, 15) is 19.2 Å². The van der Waals surface area contributed by atoms with Crippen molar-refractivity contribution < 1.29 is 28.7 Å². The molecule has 0 saturated carbocycles. The minimum absolute atomic E-state index is 0.124. The van der Waals surface area contributed by atoms with Crippen molar-refractivity contribution in [3.05, 3.63) is 52.4 Å². The quantitative estimate of drug-likeness (QED) is 0.522. The average Bonchev–Trinajstić information content (AvgIpc) is 3.16. The lowest BCUT2D eigenvalue weighted by Gasteiger charge is -2.17. The van der Waals surface area contributed by atoms with Gasteiger partial charge >= 0.3 is 11.9 Å². The summed E-state index contributed by atoms with van der Waals surface area (Å²) in [5.74, 6) is -1.85. The van der Waals surface area contributed by atoms with Gasteiger partial charge in [-0.2, -0.15) is 0 Å². The van der Waals surface area contributed by atoms with Gasteiger partial charge in [-0.15, -0.1) is 11.3 Å². The highest BCUT2D eigenvalue weighted by atomic mass is 32.1. The first-order valence-electron chi connectivity index (χ1n) is 10.3. The molecule has 1 unspecified atom stereocenters. The van der Waals surface area contributed by atoms with E-state index >= 15 is 0 Å². The molecule has 2 aromatic rings. The van der Waals surface area contributed by atoms with Crippen LogP contribution in [0.1, 0.15) is 66.9 Å². The normalized spacial score (nSPS) is 11.5. The van der Waals surface area contributed by atoms with Crippen LogP contribution in [0.4, 0.5) is 5.00 Å². The molecule has 0 bridgehead atoms. The molecule has 0 aliphatic rings. The molecule has 1 atom stereocenters. The first-order chi connectivity index (χ1) is 15.2. The maximum atomic E-state index is 12.4. The standard InChI is InChI=1S/C23H28N2O6S/c1-5-30-23(29)17-11-19(14(2)3)32-22(17)25-20(27)13-31-21(28)12-18(24-15(4)26)16-9-7-6-8-10-16/h6-11,14,18H,5,12-13H2,1-4H3,(H,24,26)(H,25,27). The van der Waals surface area contributed by atoms with Gasteiger partial charge in [-0.1, -0.05) is 44.2 Å². The van der Waals surface area contributed by atoms with Crippen LogP contribution in [0.2, 0.25) is 0 Å². The van der Waals surface area contributed by atoms with Crippen molar-refractivity contribution in [2.24, 2.45) is 0 Å². The number of hydrogen-bond donors (Lipinski definition) is 2. The molecule has 0 aliphatic carbocycles. The fraction of sp³-hybridized carbons (Fsp3) is 0.391. The van der Waals surface area contributed by atoms with Gasteiger partial charge in [0.25, 0.3) is 5.91 Å². The van der Waals surface area contributed by atoms with Crippen molar-refractivity contribution in [1.82, 2.24) is 5.32 Å². The van der Waals surface area contributed by atoms with Gasteiger partial charge in [0.2, 0.25) is 5.91 Å². The second-order valence-corrected chi connectivity index (χ2v) is 8.43. The fourth-order valence-corrected chi connectivity index (χ4v) is 3.93. The van der Waals surface area contributed by atoms with E-state index in [-0.39, 0.29) is 30.4 Å². The van der Waals surface area contributed by atoms with Crippen molar-refractivity contribution in [3.63, 3.8) is 0 Å². The highest BCUT2D eigenvalue weighted by Crippen LogP contribution is 2.33. The number of benzene rings is 1. The molecule has 172 valence electrons. The number of hydrogen-bond acceptors (Lipinski definition) is 7. The summed E-state index contributed by atoms with van der Waals surface area (Å²) in [5.41, 5.74) is 1.03. The van der Waals surface area contributed by atoms with E-state index in [1.807, 2.05) is 19.9 Å². The second-order valence-electron chi connectivity index (χ2n) is 7.34. The fourth-order valence-electron chi connectivity index (χ4n) is 2.87. The summed E-state index contributed by atoms with van der Waals surface area (Å²) in [4.78, 5) is 49.3. The molecule has 2 N–H and O–H groups in total. The molecule has 8 nitrogen and oxygen atoms in total. The minimum Gasteiger partial charge on any atom is -0.462 e. The largest absolute Gasteiger partial charge is 0.462 e. The van der Waals surface area contributed by atoms with Crippen LogP contribution >= 0.6 is 11.3 Å². The number of rotatable bonds is 10. The Morgan fingerprint density at radius 2 is 1.75 bits per heavy atom. The monoisotopic (exact) mass is 460 g/mol. The maximum absolute atomic E-state index is 12.4. The van der Waals surface area contributed by atoms with Gasteiger partial charge in [-0.3, -0.25) is 14.4 Å². The second kappa shape index (κ2) is 12.0. The Labute approximate surface area is 191 Å². The first-order valence-corrected chi connectivity index (χ1v) is 11.1. The van der Waals surface area contributed by atoms with Crippen molar-refractivity contribution in [2.45, 2.75) is 46.1 Å². The summed E-state index contributed by atoms with van der Waals surface area (Å²) in [7, 11) is 0. The number of thiophene rings is 1. The summed E-state index contributed by atoms with van der Waals surface area (Å²) in [6.45, 7) is 6.72. The van der Waals surface area contributed by atoms with Gasteiger partial charge in [0, 0.05) is 11.8 Å². The number of carbonyl (C=O) groups excluding carboxylic acids is 4. The molecule has 1 aromatic heterocycles. The lowest BCUT2D eigenvalue weighted by atomic mass is 10.0. The van der Waals surface area contributed by atoms with Gasteiger partial charge in [-0.25, -0.2) is 4.79 Å². The average molecular weight is 461 g/mol. The summed E-state index contributed by atoms with van der Waals surface area (Å²) >= 11 is 1.28. The highest BCUT2D eigenvalue weighted by Gasteiger charge is 2.22. The molecular weight excluding hydrogens is 432 g/mol. The van der Waals surface area contributed by atoms with Crippen LogP contribution in [0.25, 0.3) is 0 Å². The Morgan fingerprint density at radius 3 is 2.34 bits per heavy atom. The van der Waals surface area contributed by atoms with Crippen LogP contribution in [0.3, 0.4) is 0 Å². The highest BCUT2D eigenvalue weighted by molar-refractivity contribution is 7.16. The molecule has 1 heterocycles. The van der Waals surface area contributed by atoms with E-state index in [1.54, 1.807) is 37.3 Å². The van der Waals surface area contributed by atoms with Crippen molar-refractivity contribution in [1.29, 1.82) is 0 Å². The zero-order valence-electron chi connectivity index (χ0n) is 18.6. The number of ether oxygens (including phenoxy) is 2. The smallest absolute Gasteiger partial charge is 0.341 e. The molecular formula is C23H28N2O6S. The molecule has 32 heavy (non-hydrogen) atoms. The molecule has 0 spiro atoms. The summed E-state index contributed by atoms with van der Waals surface area (Å²) < 4.78 is 10.2. The molecule has 0 aliphatic heterocycles. The van der Waals surface area contributed by atoms with E-state index < -0.39 is 30.5 Å². The molecule has 2 amide bonds. The Morgan fingerprint density at radius 1 is 1.06 bits per heavy atom. The number of nitrogens with one attached hydrogen (secondary N) is 2.